The van der Waals surface area contributed by atoms with E-state index in [1.165, 1.54) is 0 Å². The molecule has 1 unspecified atom stereocenters. The molecule has 0 aliphatic carbocycles. The van der Waals surface area contributed by atoms with E-state index in [1.54, 1.807) is 27.7 Å². The number of hydrogen-bond acceptors (Lipinski definition) is 12. The van der Waals surface area contributed by atoms with Gasteiger partial charge in [-0.1, -0.05) is 5.16 Å². The van der Waals surface area contributed by atoms with Crippen molar-refractivity contribution in [3.63, 3.8) is 0 Å². The molecular formula is C11H16N8O6S3. The summed E-state index contributed by atoms with van der Waals surface area (Å²) in [7, 11) is 0. The molecule has 3 aromatic heterocycles. The Labute approximate surface area is 168 Å². The highest BCUT2D eigenvalue weighted by Crippen LogP contribution is 1.92. The standard InChI is InChI=1S/C3H4N2O2.2C3H4N2OS.C2H4N2O2S/c2*1-2-4-3(6)7-5-2;1-2-4-3(7)6-5-2;1-2-3-6-7(5)4-2/h2*1H3,(H,4,5,6);1H3,(H,4,5,7);1H3,(H,3,4). The van der Waals surface area contributed by atoms with Gasteiger partial charge in [-0.3, -0.25) is 19.3 Å². The molecule has 0 fully saturated rings. The topological polar surface area (TPSA) is 197 Å². The van der Waals surface area contributed by atoms with Gasteiger partial charge in [0, 0.05) is 11.5 Å². The third-order valence-corrected chi connectivity index (χ3v) is 3.57. The lowest BCUT2D eigenvalue weighted by atomic mass is 10.7. The number of H-pyrrole nitrogens is 3. The fourth-order valence-electron chi connectivity index (χ4n) is 1.15. The maximum atomic E-state index is 10.2. The minimum absolute atomic E-state index is 0.0856. The highest BCUT2D eigenvalue weighted by atomic mass is 32.2. The van der Waals surface area contributed by atoms with Crippen molar-refractivity contribution in [3.8, 4) is 0 Å². The molecule has 0 spiro atoms. The highest BCUT2D eigenvalue weighted by molar-refractivity contribution is 7.79. The van der Waals surface area contributed by atoms with E-state index >= 15 is 0 Å². The largest absolute Gasteiger partial charge is 0.438 e. The fraction of sp³-hybridized carbons (Fsp3) is 0.364. The Bertz CT molecular complexity index is 962. The molecule has 0 radical (unpaired) electrons. The smallest absolute Gasteiger partial charge is 0.348 e. The van der Waals surface area contributed by atoms with E-state index in [9.17, 15) is 13.8 Å². The van der Waals surface area contributed by atoms with Gasteiger partial charge in [0.1, 0.15) is 23.3 Å². The number of aryl methyl sites for hydroxylation is 3. The quantitative estimate of drug-likeness (QED) is 0.344. The lowest BCUT2D eigenvalue weighted by Crippen LogP contribution is -2.11. The summed E-state index contributed by atoms with van der Waals surface area (Å²) in [6.45, 7) is 6.84. The van der Waals surface area contributed by atoms with Crippen LogP contribution in [0, 0.1) is 25.6 Å². The molecule has 17 heteroatoms. The molecule has 4 heterocycles. The molecular weight excluding hydrogens is 436 g/mol. The molecule has 4 rings (SSSR count). The van der Waals surface area contributed by atoms with Gasteiger partial charge >= 0.3 is 26.7 Å². The van der Waals surface area contributed by atoms with Crippen molar-refractivity contribution in [2.75, 3.05) is 0 Å². The number of nitrogens with one attached hydrogen (secondary N) is 4. The van der Waals surface area contributed by atoms with Gasteiger partial charge in [0.05, 0.1) is 0 Å². The Kier molecular flexibility index (Phi) is 9.85. The predicted molar refractivity (Wildman–Crippen MR) is 101 cm³/mol. The zero-order valence-electron chi connectivity index (χ0n) is 15.0. The number of hydroxylamine groups is 1. The monoisotopic (exact) mass is 452 g/mol. The summed E-state index contributed by atoms with van der Waals surface area (Å²) in [5.74, 6) is 1.96. The van der Waals surface area contributed by atoms with Crippen LogP contribution in [0.4, 0.5) is 0 Å². The van der Waals surface area contributed by atoms with Crippen molar-refractivity contribution in [1.82, 2.24) is 35.1 Å². The predicted octanol–water partition coefficient (Wildman–Crippen LogP) is 0.370. The average Bonchev–Trinajstić information content (AvgIpc) is 3.37. The molecule has 1 atom stereocenters. The first-order valence-corrected chi connectivity index (χ1v) is 9.35. The zero-order valence-corrected chi connectivity index (χ0v) is 17.4. The van der Waals surface area contributed by atoms with Crippen molar-refractivity contribution in [2.45, 2.75) is 27.7 Å². The van der Waals surface area contributed by atoms with E-state index in [4.69, 9.17) is 0 Å². The second kappa shape index (κ2) is 11.8. The highest BCUT2D eigenvalue weighted by Gasteiger charge is 2.05. The molecule has 3 aromatic rings. The van der Waals surface area contributed by atoms with Crippen LogP contribution >= 0.6 is 23.8 Å². The van der Waals surface area contributed by atoms with E-state index < -0.39 is 17.0 Å². The molecule has 1 aliphatic rings. The van der Waals surface area contributed by atoms with Crippen LogP contribution in [0.15, 0.2) is 23.0 Å². The Morgan fingerprint density at radius 3 is 1.93 bits per heavy atom. The van der Waals surface area contributed by atoms with Gasteiger partial charge in [-0.25, -0.2) is 19.6 Å². The van der Waals surface area contributed by atoms with Crippen LogP contribution < -0.4 is 16.1 Å². The molecule has 0 saturated heterocycles. The van der Waals surface area contributed by atoms with Crippen LogP contribution in [0.1, 0.15) is 24.4 Å². The zero-order chi connectivity index (χ0) is 21.1. The second-order valence-corrected chi connectivity index (χ2v) is 6.48. The van der Waals surface area contributed by atoms with Gasteiger partial charge in [-0.2, -0.15) is 13.6 Å². The third kappa shape index (κ3) is 10.4. The summed E-state index contributed by atoms with van der Waals surface area (Å²) in [6, 6.07) is 0. The van der Waals surface area contributed by atoms with Gasteiger partial charge < -0.3 is 4.52 Å². The molecule has 0 aromatic carbocycles. The van der Waals surface area contributed by atoms with Crippen molar-refractivity contribution in [1.29, 1.82) is 0 Å². The minimum atomic E-state index is -1.48. The van der Waals surface area contributed by atoms with Crippen LogP contribution in [0.3, 0.4) is 0 Å². The lowest BCUT2D eigenvalue weighted by molar-refractivity contribution is 0.304. The number of aromatic nitrogens is 6. The maximum Gasteiger partial charge on any atom is 0.438 e. The van der Waals surface area contributed by atoms with E-state index in [0.29, 0.717) is 23.3 Å². The van der Waals surface area contributed by atoms with Crippen LogP contribution in [-0.2, 0) is 15.6 Å². The second-order valence-electron chi connectivity index (χ2n) is 4.61. The number of hydrogen-bond donors (Lipinski definition) is 4. The molecule has 0 amide bonds. The van der Waals surface area contributed by atoms with Crippen molar-refractivity contribution >= 4 is 40.9 Å². The molecule has 14 nitrogen and oxygen atoms in total. The first kappa shape index (κ1) is 23.3. The summed E-state index contributed by atoms with van der Waals surface area (Å²) in [6.07, 6.45) is 0. The molecule has 1 aliphatic heterocycles. The van der Waals surface area contributed by atoms with Crippen molar-refractivity contribution in [2.24, 2.45) is 4.40 Å². The van der Waals surface area contributed by atoms with Crippen molar-refractivity contribution in [3.05, 3.63) is 42.5 Å². The summed E-state index contributed by atoms with van der Waals surface area (Å²) in [5.41, 5.74) is 2.32. The maximum absolute atomic E-state index is 10.2. The number of amidine groups is 1. The Hall–Kier alpha value is -2.76. The van der Waals surface area contributed by atoms with Crippen molar-refractivity contribution < 1.29 is 17.5 Å². The van der Waals surface area contributed by atoms with E-state index in [0.717, 1.165) is 11.5 Å². The lowest BCUT2D eigenvalue weighted by Gasteiger charge is -1.83. The van der Waals surface area contributed by atoms with Crippen LogP contribution in [0.5, 0.6) is 0 Å². The molecule has 0 saturated carbocycles. The molecule has 0 bridgehead atoms. The Morgan fingerprint density at radius 2 is 1.79 bits per heavy atom. The van der Waals surface area contributed by atoms with Gasteiger partial charge in [0.2, 0.25) is 0 Å². The van der Waals surface area contributed by atoms with E-state index in [2.05, 4.69) is 65.1 Å². The van der Waals surface area contributed by atoms with Crippen LogP contribution in [0.2, 0.25) is 0 Å². The molecule has 4 N–H and O–H groups in total. The SMILES string of the molecule is CC1=NS(=O)ON1.Cc1nc(=S)o[nH]1.Cc1noc(=O)[nH]1.Cc1nsc(=O)[nH]1. The van der Waals surface area contributed by atoms with E-state index in [-0.39, 0.29) is 9.71 Å². The number of rotatable bonds is 0. The molecule has 28 heavy (non-hydrogen) atoms. The van der Waals surface area contributed by atoms with Crippen LogP contribution in [0.25, 0.3) is 0 Å². The van der Waals surface area contributed by atoms with Crippen LogP contribution in [-0.4, -0.2) is 39.7 Å². The van der Waals surface area contributed by atoms with Gasteiger partial charge in [-0.15, -0.1) is 4.40 Å². The normalized spacial score (nSPS) is 14.3. The molecule has 154 valence electrons. The number of aromatic amines is 3. The first-order chi connectivity index (χ1) is 13.2. The fourth-order valence-corrected chi connectivity index (χ4v) is 2.28. The first-order valence-electron chi connectivity index (χ1n) is 7.13. The summed E-state index contributed by atoms with van der Waals surface area (Å²) in [4.78, 5) is 28.9. The Morgan fingerprint density at radius 1 is 1.07 bits per heavy atom. The van der Waals surface area contributed by atoms with Gasteiger partial charge in [0.15, 0.2) is 0 Å². The summed E-state index contributed by atoms with van der Waals surface area (Å²) < 4.78 is 30.2. The third-order valence-electron chi connectivity index (χ3n) is 2.11. The summed E-state index contributed by atoms with van der Waals surface area (Å²) >= 11 is 3.99. The summed E-state index contributed by atoms with van der Waals surface area (Å²) in [5, 5.41) is 5.75. The minimum Gasteiger partial charge on any atom is -0.348 e. The Balaban J connectivity index is 0.000000187. The van der Waals surface area contributed by atoms with Gasteiger partial charge in [-0.05, 0) is 39.9 Å². The van der Waals surface area contributed by atoms with Gasteiger partial charge in [0.25, 0.3) is 0 Å². The van der Waals surface area contributed by atoms with E-state index in [1.807, 2.05) is 0 Å². The number of nitrogens with zero attached hydrogens (tertiary/aromatic N) is 4. The average molecular weight is 453 g/mol.